The van der Waals surface area contributed by atoms with E-state index < -0.39 is 11.4 Å². The summed E-state index contributed by atoms with van der Waals surface area (Å²) in [5, 5.41) is 10.6. The Labute approximate surface area is 162 Å². The van der Waals surface area contributed by atoms with E-state index in [0.717, 1.165) is 4.68 Å². The van der Waals surface area contributed by atoms with E-state index in [2.05, 4.69) is 15.7 Å². The van der Waals surface area contributed by atoms with E-state index in [9.17, 15) is 14.4 Å². The van der Waals surface area contributed by atoms with Crippen molar-refractivity contribution in [3.63, 3.8) is 0 Å². The van der Waals surface area contributed by atoms with Crippen LogP contribution in [0.15, 0.2) is 53.3 Å². The lowest BCUT2D eigenvalue weighted by atomic mass is 10.1. The minimum Gasteiger partial charge on any atom is -0.347 e. The lowest BCUT2D eigenvalue weighted by Gasteiger charge is -2.21. The summed E-state index contributed by atoms with van der Waals surface area (Å²) in [7, 11) is 1.50. The highest BCUT2D eigenvalue weighted by molar-refractivity contribution is 6.13. The zero-order valence-electron chi connectivity index (χ0n) is 16.2. The molecule has 7 nitrogen and oxygen atoms in total. The average Bonchev–Trinajstić information content (AvgIpc) is 2.63. The van der Waals surface area contributed by atoms with Gasteiger partial charge in [-0.25, -0.2) is 4.68 Å². The van der Waals surface area contributed by atoms with Crippen LogP contribution in [0.2, 0.25) is 0 Å². The number of anilines is 1. The van der Waals surface area contributed by atoms with Gasteiger partial charge in [-0.2, -0.15) is 5.10 Å². The molecule has 2 aromatic carbocycles. The predicted molar refractivity (Wildman–Crippen MR) is 109 cm³/mol. The highest BCUT2D eigenvalue weighted by Crippen LogP contribution is 2.19. The molecule has 3 rings (SSSR count). The maximum Gasteiger partial charge on any atom is 0.276 e. The van der Waals surface area contributed by atoms with Crippen molar-refractivity contribution in [2.75, 3.05) is 5.32 Å². The van der Waals surface area contributed by atoms with Gasteiger partial charge >= 0.3 is 0 Å². The molecule has 2 N–H and O–H groups in total. The Bertz CT molecular complexity index is 1130. The van der Waals surface area contributed by atoms with Crippen molar-refractivity contribution in [1.82, 2.24) is 15.1 Å². The van der Waals surface area contributed by atoms with Gasteiger partial charge < -0.3 is 10.6 Å². The molecule has 3 aromatic rings. The number of benzene rings is 2. The fourth-order valence-corrected chi connectivity index (χ4v) is 2.85. The first-order valence-electron chi connectivity index (χ1n) is 8.86. The second kappa shape index (κ2) is 7.26. The van der Waals surface area contributed by atoms with E-state index in [1.54, 1.807) is 48.5 Å². The molecule has 2 amide bonds. The first-order valence-corrected chi connectivity index (χ1v) is 8.86. The predicted octanol–water partition coefficient (Wildman–Crippen LogP) is 2.71. The molecule has 0 unspecified atom stereocenters. The number of aromatic nitrogens is 2. The van der Waals surface area contributed by atoms with Crippen molar-refractivity contribution in [2.45, 2.75) is 26.3 Å². The SMILES string of the molecule is Cn1nc(C(=O)Nc2ccccc2C(=O)NC(C)(C)C)c2ccccc2c1=O. The van der Waals surface area contributed by atoms with Crippen molar-refractivity contribution in [3.8, 4) is 0 Å². The van der Waals surface area contributed by atoms with Crippen molar-refractivity contribution in [3.05, 3.63) is 70.1 Å². The molecule has 1 heterocycles. The van der Waals surface area contributed by atoms with Crippen LogP contribution in [0.3, 0.4) is 0 Å². The van der Waals surface area contributed by atoms with Gasteiger partial charge in [0.2, 0.25) is 0 Å². The number of aryl methyl sites for hydroxylation is 1. The second-order valence-corrected chi connectivity index (χ2v) is 7.53. The summed E-state index contributed by atoms with van der Waals surface area (Å²) in [5.41, 5.74) is 0.138. The summed E-state index contributed by atoms with van der Waals surface area (Å²) < 4.78 is 1.13. The molecule has 0 saturated carbocycles. The summed E-state index contributed by atoms with van der Waals surface area (Å²) in [6.07, 6.45) is 0. The molecule has 0 fully saturated rings. The molecule has 7 heteroatoms. The van der Waals surface area contributed by atoms with Crippen LogP contribution in [0.25, 0.3) is 10.8 Å². The number of para-hydroxylation sites is 1. The van der Waals surface area contributed by atoms with Crippen molar-refractivity contribution >= 4 is 28.3 Å². The normalized spacial score (nSPS) is 11.3. The number of hydrogen-bond acceptors (Lipinski definition) is 4. The van der Waals surface area contributed by atoms with Crippen LogP contribution in [-0.2, 0) is 7.05 Å². The third-order valence-electron chi connectivity index (χ3n) is 4.08. The van der Waals surface area contributed by atoms with E-state index in [1.807, 2.05) is 20.8 Å². The van der Waals surface area contributed by atoms with Gasteiger partial charge in [-0.1, -0.05) is 30.3 Å². The first-order chi connectivity index (χ1) is 13.2. The minimum atomic E-state index is -0.497. The van der Waals surface area contributed by atoms with Gasteiger partial charge in [0.1, 0.15) is 0 Å². The van der Waals surface area contributed by atoms with Gasteiger partial charge in [0.15, 0.2) is 5.69 Å². The quantitative estimate of drug-likeness (QED) is 0.733. The number of hydrogen-bond donors (Lipinski definition) is 2. The van der Waals surface area contributed by atoms with Gasteiger partial charge in [-0.15, -0.1) is 0 Å². The van der Waals surface area contributed by atoms with Gasteiger partial charge in [-0.05, 0) is 39.0 Å². The summed E-state index contributed by atoms with van der Waals surface area (Å²) in [6.45, 7) is 5.64. The number of fused-ring (bicyclic) bond motifs is 1. The highest BCUT2D eigenvalue weighted by Gasteiger charge is 2.21. The number of carbonyl (C=O) groups is 2. The maximum atomic E-state index is 12.9. The fourth-order valence-electron chi connectivity index (χ4n) is 2.85. The lowest BCUT2D eigenvalue weighted by molar-refractivity contribution is 0.0920. The Morgan fingerprint density at radius 3 is 2.21 bits per heavy atom. The molecule has 0 spiro atoms. The molecule has 0 aliphatic carbocycles. The highest BCUT2D eigenvalue weighted by atomic mass is 16.2. The van der Waals surface area contributed by atoms with E-state index in [-0.39, 0.29) is 17.2 Å². The molecular weight excluding hydrogens is 356 g/mol. The number of carbonyl (C=O) groups excluding carboxylic acids is 2. The van der Waals surface area contributed by atoms with Crippen molar-refractivity contribution in [1.29, 1.82) is 0 Å². The molecule has 0 aliphatic heterocycles. The third-order valence-corrected chi connectivity index (χ3v) is 4.08. The summed E-state index contributed by atoms with van der Waals surface area (Å²) in [6, 6.07) is 13.6. The molecule has 0 aliphatic rings. The monoisotopic (exact) mass is 378 g/mol. The Balaban J connectivity index is 2.00. The molecule has 1 aromatic heterocycles. The van der Waals surface area contributed by atoms with Crippen molar-refractivity contribution < 1.29 is 9.59 Å². The van der Waals surface area contributed by atoms with Crippen LogP contribution in [0.4, 0.5) is 5.69 Å². The Kier molecular flexibility index (Phi) is 5.00. The zero-order chi connectivity index (χ0) is 20.5. The van der Waals surface area contributed by atoms with Crippen LogP contribution in [0.1, 0.15) is 41.6 Å². The van der Waals surface area contributed by atoms with Crippen LogP contribution < -0.4 is 16.2 Å². The molecule has 28 heavy (non-hydrogen) atoms. The number of rotatable bonds is 3. The average molecular weight is 378 g/mol. The number of amides is 2. The molecular formula is C21H22N4O3. The number of nitrogens with one attached hydrogen (secondary N) is 2. The van der Waals surface area contributed by atoms with Crippen LogP contribution in [-0.4, -0.2) is 27.1 Å². The molecule has 0 bridgehead atoms. The third kappa shape index (κ3) is 3.93. The maximum absolute atomic E-state index is 12.9. The Morgan fingerprint density at radius 2 is 1.54 bits per heavy atom. The van der Waals surface area contributed by atoms with Gasteiger partial charge in [0, 0.05) is 18.0 Å². The van der Waals surface area contributed by atoms with E-state index in [0.29, 0.717) is 22.0 Å². The standard InChI is InChI=1S/C21H22N4O3/c1-21(2,3)23-18(26)15-11-7-8-12-16(15)22-19(27)17-13-9-5-6-10-14(13)20(28)25(4)24-17/h5-12H,1-4H3,(H,22,27)(H,23,26). The second-order valence-electron chi connectivity index (χ2n) is 7.53. The van der Waals surface area contributed by atoms with Gasteiger partial charge in [0.05, 0.1) is 16.6 Å². The molecule has 144 valence electrons. The Hall–Kier alpha value is -3.48. The largest absolute Gasteiger partial charge is 0.347 e. The summed E-state index contributed by atoms with van der Waals surface area (Å²) in [5.74, 6) is -0.788. The first kappa shape index (κ1) is 19.3. The van der Waals surface area contributed by atoms with Crippen LogP contribution in [0.5, 0.6) is 0 Å². The van der Waals surface area contributed by atoms with Crippen LogP contribution in [0, 0.1) is 0 Å². The molecule has 0 radical (unpaired) electrons. The Morgan fingerprint density at radius 1 is 0.929 bits per heavy atom. The molecule has 0 atom stereocenters. The van der Waals surface area contributed by atoms with Crippen LogP contribution >= 0.6 is 0 Å². The van der Waals surface area contributed by atoms with Gasteiger partial charge in [0.25, 0.3) is 17.4 Å². The van der Waals surface area contributed by atoms with E-state index in [1.165, 1.54) is 7.05 Å². The molecule has 0 saturated heterocycles. The number of nitrogens with zero attached hydrogens (tertiary/aromatic N) is 2. The van der Waals surface area contributed by atoms with E-state index in [4.69, 9.17) is 0 Å². The smallest absolute Gasteiger partial charge is 0.276 e. The van der Waals surface area contributed by atoms with Crippen molar-refractivity contribution in [2.24, 2.45) is 7.05 Å². The minimum absolute atomic E-state index is 0.115. The lowest BCUT2D eigenvalue weighted by Crippen LogP contribution is -2.40. The van der Waals surface area contributed by atoms with Gasteiger partial charge in [-0.3, -0.25) is 14.4 Å². The fraction of sp³-hybridized carbons (Fsp3) is 0.238. The summed E-state index contributed by atoms with van der Waals surface area (Å²) in [4.78, 5) is 37.8. The topological polar surface area (TPSA) is 93.1 Å². The summed E-state index contributed by atoms with van der Waals surface area (Å²) >= 11 is 0. The van der Waals surface area contributed by atoms with E-state index >= 15 is 0 Å². The zero-order valence-corrected chi connectivity index (χ0v) is 16.2.